The number of hydrogen-bond acceptors (Lipinski definition) is 5. The van der Waals surface area contributed by atoms with E-state index in [0.29, 0.717) is 25.6 Å². The second-order valence-corrected chi connectivity index (χ2v) is 4.07. The molecule has 1 heterocycles. The number of oxazole rings is 1. The number of aliphatic hydroxyl groups excluding tert-OH is 1. The normalized spacial score (nSPS) is 11.5. The van der Waals surface area contributed by atoms with Crippen molar-refractivity contribution in [1.82, 2.24) is 9.88 Å². The molecule has 1 N–H and O–H groups in total. The van der Waals surface area contributed by atoms with Gasteiger partial charge in [0.2, 0.25) is 5.89 Å². The van der Waals surface area contributed by atoms with Crippen LogP contribution in [0.4, 0.5) is 0 Å². The summed E-state index contributed by atoms with van der Waals surface area (Å²) in [6.45, 7) is 2.65. The smallest absolute Gasteiger partial charge is 0.209 e. The zero-order valence-corrected chi connectivity index (χ0v) is 10.5. The maximum Gasteiger partial charge on any atom is 0.209 e. The van der Waals surface area contributed by atoms with E-state index in [1.807, 2.05) is 29.2 Å². The van der Waals surface area contributed by atoms with Crippen molar-refractivity contribution in [2.45, 2.75) is 6.54 Å². The number of aliphatic hydroxyl groups is 1. The van der Waals surface area contributed by atoms with Crippen molar-refractivity contribution in [1.29, 1.82) is 0 Å². The summed E-state index contributed by atoms with van der Waals surface area (Å²) >= 11 is 0. The zero-order valence-electron chi connectivity index (χ0n) is 10.5. The quantitative estimate of drug-likeness (QED) is 0.802. The van der Waals surface area contributed by atoms with Gasteiger partial charge in [-0.25, -0.2) is 4.98 Å². The summed E-state index contributed by atoms with van der Waals surface area (Å²) in [5, 5.41) is 9.02. The molecule has 0 aliphatic heterocycles. The number of para-hydroxylation sites is 2. The first-order valence-corrected chi connectivity index (χ1v) is 6.00. The highest BCUT2D eigenvalue weighted by Gasteiger charge is 2.10. The largest absolute Gasteiger partial charge is 0.439 e. The van der Waals surface area contributed by atoms with Crippen LogP contribution in [0.1, 0.15) is 5.89 Å². The fourth-order valence-corrected chi connectivity index (χ4v) is 1.81. The molecule has 0 saturated carbocycles. The topological polar surface area (TPSA) is 58.7 Å². The molecule has 0 aliphatic rings. The minimum atomic E-state index is 0.115. The monoisotopic (exact) mass is 250 g/mol. The van der Waals surface area contributed by atoms with Crippen LogP contribution >= 0.6 is 0 Å². The third kappa shape index (κ3) is 3.29. The van der Waals surface area contributed by atoms with Gasteiger partial charge in [-0.15, -0.1) is 0 Å². The van der Waals surface area contributed by atoms with Gasteiger partial charge in [0.05, 0.1) is 19.8 Å². The molecule has 0 radical (unpaired) electrons. The summed E-state index contributed by atoms with van der Waals surface area (Å²) < 4.78 is 10.7. The van der Waals surface area contributed by atoms with E-state index in [1.165, 1.54) is 0 Å². The Morgan fingerprint density at radius 2 is 2.17 bits per heavy atom. The van der Waals surface area contributed by atoms with Crippen LogP contribution in [0.2, 0.25) is 0 Å². The number of ether oxygens (including phenoxy) is 1. The van der Waals surface area contributed by atoms with Gasteiger partial charge in [0.15, 0.2) is 5.58 Å². The average molecular weight is 250 g/mol. The Balaban J connectivity index is 2.05. The van der Waals surface area contributed by atoms with Gasteiger partial charge in [0.25, 0.3) is 0 Å². The second-order valence-electron chi connectivity index (χ2n) is 4.07. The number of hydrogen-bond donors (Lipinski definition) is 1. The van der Waals surface area contributed by atoms with E-state index in [9.17, 15) is 0 Å². The van der Waals surface area contributed by atoms with E-state index in [4.69, 9.17) is 14.3 Å². The van der Waals surface area contributed by atoms with E-state index in [-0.39, 0.29) is 6.61 Å². The lowest BCUT2D eigenvalue weighted by Gasteiger charge is -2.18. The molecule has 5 heteroatoms. The van der Waals surface area contributed by atoms with Crippen LogP contribution < -0.4 is 0 Å². The summed E-state index contributed by atoms with van der Waals surface area (Å²) in [5.41, 5.74) is 1.66. The summed E-state index contributed by atoms with van der Waals surface area (Å²) in [6, 6.07) is 7.68. The lowest BCUT2D eigenvalue weighted by molar-refractivity contribution is 0.121. The highest BCUT2D eigenvalue weighted by Crippen LogP contribution is 2.15. The van der Waals surface area contributed by atoms with Crippen LogP contribution in [0.3, 0.4) is 0 Å². The lowest BCUT2D eigenvalue weighted by Crippen LogP contribution is -2.29. The maximum absolute atomic E-state index is 9.02. The highest BCUT2D eigenvalue weighted by atomic mass is 16.5. The number of methoxy groups -OCH3 is 1. The van der Waals surface area contributed by atoms with Crippen LogP contribution in [0.15, 0.2) is 28.7 Å². The number of fused-ring (bicyclic) bond motifs is 1. The van der Waals surface area contributed by atoms with Crippen molar-refractivity contribution in [2.75, 3.05) is 33.4 Å². The minimum Gasteiger partial charge on any atom is -0.439 e. The highest BCUT2D eigenvalue weighted by molar-refractivity contribution is 5.72. The van der Waals surface area contributed by atoms with Gasteiger partial charge in [0.1, 0.15) is 5.52 Å². The maximum atomic E-state index is 9.02. The standard InChI is InChI=1S/C13H18N2O3/c1-17-9-7-15(6-8-16)10-13-14-11-4-2-3-5-12(11)18-13/h2-5,16H,6-10H2,1H3. The molecule has 2 aromatic rings. The molecule has 1 aromatic carbocycles. The molecule has 0 unspecified atom stereocenters. The zero-order chi connectivity index (χ0) is 12.8. The first kappa shape index (κ1) is 13.0. The van der Waals surface area contributed by atoms with Crippen LogP contribution in [0.25, 0.3) is 11.1 Å². The third-order valence-electron chi connectivity index (χ3n) is 2.72. The molecule has 1 aromatic heterocycles. The van der Waals surface area contributed by atoms with Gasteiger partial charge in [-0.2, -0.15) is 0 Å². The molecule has 0 fully saturated rings. The Kier molecular flexibility index (Phi) is 4.69. The van der Waals surface area contributed by atoms with Crippen LogP contribution in [-0.4, -0.2) is 48.4 Å². The van der Waals surface area contributed by atoms with Crippen molar-refractivity contribution in [3.63, 3.8) is 0 Å². The Hall–Kier alpha value is -1.43. The molecule has 5 nitrogen and oxygen atoms in total. The van der Waals surface area contributed by atoms with E-state index in [1.54, 1.807) is 7.11 Å². The fourth-order valence-electron chi connectivity index (χ4n) is 1.81. The molecule has 0 aliphatic carbocycles. The van der Waals surface area contributed by atoms with E-state index in [0.717, 1.165) is 17.6 Å². The van der Waals surface area contributed by atoms with Crippen molar-refractivity contribution in [2.24, 2.45) is 0 Å². The number of aromatic nitrogens is 1. The SMILES string of the molecule is COCCN(CCO)Cc1nc2ccccc2o1. The van der Waals surface area contributed by atoms with Gasteiger partial charge < -0.3 is 14.3 Å². The van der Waals surface area contributed by atoms with E-state index < -0.39 is 0 Å². The second kappa shape index (κ2) is 6.49. The third-order valence-corrected chi connectivity index (χ3v) is 2.72. The Morgan fingerprint density at radius 3 is 2.89 bits per heavy atom. The summed E-state index contributed by atoms with van der Waals surface area (Å²) in [4.78, 5) is 6.46. The van der Waals surface area contributed by atoms with Crippen molar-refractivity contribution < 1.29 is 14.3 Å². The van der Waals surface area contributed by atoms with Gasteiger partial charge in [-0.05, 0) is 12.1 Å². The summed E-state index contributed by atoms with van der Waals surface area (Å²) in [6.07, 6.45) is 0. The average Bonchev–Trinajstić information content (AvgIpc) is 2.78. The molecule has 0 atom stereocenters. The molecule has 0 bridgehead atoms. The van der Waals surface area contributed by atoms with Gasteiger partial charge in [-0.3, -0.25) is 4.90 Å². The molecule has 18 heavy (non-hydrogen) atoms. The predicted octanol–water partition coefficient (Wildman–Crippen LogP) is 1.27. The molecule has 0 spiro atoms. The Labute approximate surface area is 106 Å². The molecule has 2 rings (SSSR count). The lowest BCUT2D eigenvalue weighted by atomic mass is 10.3. The van der Waals surface area contributed by atoms with Gasteiger partial charge in [-0.1, -0.05) is 12.1 Å². The number of rotatable bonds is 7. The molecular formula is C13H18N2O3. The van der Waals surface area contributed by atoms with Crippen LogP contribution in [0.5, 0.6) is 0 Å². The number of nitrogens with zero attached hydrogens (tertiary/aromatic N) is 2. The van der Waals surface area contributed by atoms with Crippen LogP contribution in [0, 0.1) is 0 Å². The number of benzene rings is 1. The predicted molar refractivity (Wildman–Crippen MR) is 68.2 cm³/mol. The minimum absolute atomic E-state index is 0.115. The Morgan fingerprint density at radius 1 is 1.33 bits per heavy atom. The summed E-state index contributed by atoms with van der Waals surface area (Å²) in [5.74, 6) is 0.667. The van der Waals surface area contributed by atoms with Gasteiger partial charge in [0, 0.05) is 20.2 Å². The molecule has 0 amide bonds. The van der Waals surface area contributed by atoms with E-state index in [2.05, 4.69) is 4.98 Å². The Bertz CT molecular complexity index is 451. The van der Waals surface area contributed by atoms with Gasteiger partial charge >= 0.3 is 0 Å². The first-order valence-electron chi connectivity index (χ1n) is 6.00. The fraction of sp³-hybridized carbons (Fsp3) is 0.462. The molecule has 98 valence electrons. The van der Waals surface area contributed by atoms with Crippen molar-refractivity contribution in [3.05, 3.63) is 30.2 Å². The molecular weight excluding hydrogens is 232 g/mol. The first-order chi connectivity index (χ1) is 8.83. The van der Waals surface area contributed by atoms with Crippen molar-refractivity contribution >= 4 is 11.1 Å². The van der Waals surface area contributed by atoms with Crippen molar-refractivity contribution in [3.8, 4) is 0 Å². The summed E-state index contributed by atoms with van der Waals surface area (Å²) in [7, 11) is 1.66. The van der Waals surface area contributed by atoms with Crippen LogP contribution in [-0.2, 0) is 11.3 Å². The molecule has 0 saturated heterocycles. The van der Waals surface area contributed by atoms with E-state index >= 15 is 0 Å².